The van der Waals surface area contributed by atoms with Gasteiger partial charge < -0.3 is 10.2 Å². The second-order valence-electron chi connectivity index (χ2n) is 5.51. The summed E-state index contributed by atoms with van der Waals surface area (Å²) >= 11 is 0. The van der Waals surface area contributed by atoms with E-state index in [9.17, 15) is 14.4 Å². The molecule has 0 fully saturated rings. The molecule has 0 saturated heterocycles. The Morgan fingerprint density at radius 3 is 2.36 bits per heavy atom. The number of anilines is 1. The van der Waals surface area contributed by atoms with Crippen LogP contribution in [0.1, 0.15) is 24.2 Å². The third-order valence-corrected chi connectivity index (χ3v) is 3.46. The van der Waals surface area contributed by atoms with Gasteiger partial charge in [0.05, 0.1) is 12.6 Å². The fourth-order valence-corrected chi connectivity index (χ4v) is 1.75. The number of Topliss-reactive ketones (excluding diaryl/α,β-unsaturated/α-hetero) is 1. The molecular formula is C16H23N3O3. The van der Waals surface area contributed by atoms with E-state index in [1.165, 1.54) is 11.8 Å². The Hall–Kier alpha value is -2.21. The molecule has 0 saturated carbocycles. The quantitative estimate of drug-likeness (QED) is 0.803. The van der Waals surface area contributed by atoms with Gasteiger partial charge in [-0.3, -0.25) is 19.3 Å². The predicted octanol–water partition coefficient (Wildman–Crippen LogP) is 1.24. The smallest absolute Gasteiger partial charge is 0.241 e. The minimum Gasteiger partial charge on any atom is -0.348 e. The summed E-state index contributed by atoms with van der Waals surface area (Å²) in [5.41, 5.74) is 1.11. The molecule has 1 aromatic rings. The average Bonchev–Trinajstić information content (AvgIpc) is 2.46. The van der Waals surface area contributed by atoms with Crippen LogP contribution < -0.4 is 5.32 Å². The van der Waals surface area contributed by atoms with Crippen LogP contribution >= 0.6 is 0 Å². The first kappa shape index (κ1) is 17.8. The number of carbonyl (C=O) groups is 3. The van der Waals surface area contributed by atoms with Gasteiger partial charge in [-0.1, -0.05) is 12.1 Å². The molecule has 1 atom stereocenters. The molecule has 1 N–H and O–H groups in total. The fourth-order valence-electron chi connectivity index (χ4n) is 1.75. The standard InChI is InChI=1S/C16H23N3O3/c1-11(19(5)10-15(21)18(3)4)16(22)17-14-8-6-7-13(9-14)12(2)20/h6-9,11H,10H2,1-5H3,(H,17,22)/t11-/m1/s1. The van der Waals surface area contributed by atoms with E-state index in [0.717, 1.165) is 0 Å². The Bertz CT molecular complexity index is 570. The van der Waals surface area contributed by atoms with Gasteiger partial charge in [0, 0.05) is 25.3 Å². The largest absolute Gasteiger partial charge is 0.348 e. The first-order chi connectivity index (χ1) is 10.2. The number of hydrogen-bond donors (Lipinski definition) is 1. The number of amides is 2. The minimum atomic E-state index is -0.468. The minimum absolute atomic E-state index is 0.0576. The van der Waals surface area contributed by atoms with Crippen molar-refractivity contribution in [1.82, 2.24) is 9.80 Å². The van der Waals surface area contributed by atoms with E-state index < -0.39 is 6.04 Å². The number of benzene rings is 1. The normalized spacial score (nSPS) is 11.9. The second-order valence-corrected chi connectivity index (χ2v) is 5.51. The van der Waals surface area contributed by atoms with Crippen molar-refractivity contribution in [1.29, 1.82) is 0 Å². The zero-order valence-electron chi connectivity index (χ0n) is 13.7. The lowest BCUT2D eigenvalue weighted by molar-refractivity contribution is -0.131. The fraction of sp³-hybridized carbons (Fsp3) is 0.438. The second kappa shape index (κ2) is 7.70. The topological polar surface area (TPSA) is 69.7 Å². The molecule has 1 aromatic carbocycles. The Labute approximate surface area is 131 Å². The van der Waals surface area contributed by atoms with E-state index in [1.807, 2.05) is 0 Å². The van der Waals surface area contributed by atoms with E-state index in [4.69, 9.17) is 0 Å². The monoisotopic (exact) mass is 305 g/mol. The van der Waals surface area contributed by atoms with Crippen molar-refractivity contribution in [3.63, 3.8) is 0 Å². The van der Waals surface area contributed by atoms with E-state index in [0.29, 0.717) is 11.3 Å². The first-order valence-corrected chi connectivity index (χ1v) is 7.04. The Balaban J connectivity index is 2.69. The molecule has 0 aromatic heterocycles. The molecule has 0 aliphatic rings. The van der Waals surface area contributed by atoms with E-state index >= 15 is 0 Å². The molecule has 0 aliphatic heterocycles. The highest BCUT2D eigenvalue weighted by Gasteiger charge is 2.21. The maximum Gasteiger partial charge on any atom is 0.241 e. The van der Waals surface area contributed by atoms with Crippen molar-refractivity contribution in [3.8, 4) is 0 Å². The lowest BCUT2D eigenvalue weighted by Gasteiger charge is -2.24. The molecular weight excluding hydrogens is 282 g/mol. The lowest BCUT2D eigenvalue weighted by atomic mass is 10.1. The van der Waals surface area contributed by atoms with Gasteiger partial charge >= 0.3 is 0 Å². The Morgan fingerprint density at radius 1 is 1.18 bits per heavy atom. The molecule has 0 bridgehead atoms. The molecule has 0 spiro atoms. The molecule has 2 amide bonds. The summed E-state index contributed by atoms with van der Waals surface area (Å²) in [7, 11) is 5.07. The van der Waals surface area contributed by atoms with E-state index in [-0.39, 0.29) is 24.1 Å². The van der Waals surface area contributed by atoms with Gasteiger partial charge in [0.1, 0.15) is 0 Å². The molecule has 0 heterocycles. The molecule has 0 unspecified atom stereocenters. The summed E-state index contributed by atoms with van der Waals surface area (Å²) in [6, 6.07) is 6.31. The van der Waals surface area contributed by atoms with Crippen LogP contribution in [0.15, 0.2) is 24.3 Å². The highest BCUT2D eigenvalue weighted by molar-refractivity contribution is 5.98. The summed E-state index contributed by atoms with van der Waals surface area (Å²) in [4.78, 5) is 38.4. The zero-order chi connectivity index (χ0) is 16.9. The maximum atomic E-state index is 12.2. The predicted molar refractivity (Wildman–Crippen MR) is 85.9 cm³/mol. The number of nitrogens with zero attached hydrogens (tertiary/aromatic N) is 2. The van der Waals surface area contributed by atoms with Crippen LogP contribution in [0.25, 0.3) is 0 Å². The van der Waals surface area contributed by atoms with Crippen molar-refractivity contribution in [3.05, 3.63) is 29.8 Å². The third-order valence-electron chi connectivity index (χ3n) is 3.46. The molecule has 0 aliphatic carbocycles. The zero-order valence-corrected chi connectivity index (χ0v) is 13.7. The van der Waals surface area contributed by atoms with Crippen LogP contribution in [0.3, 0.4) is 0 Å². The number of rotatable bonds is 6. The van der Waals surface area contributed by atoms with Gasteiger partial charge in [-0.05, 0) is 33.0 Å². The van der Waals surface area contributed by atoms with Crippen LogP contribution in [0, 0.1) is 0 Å². The van der Waals surface area contributed by atoms with Crippen LogP contribution in [0.4, 0.5) is 5.69 Å². The van der Waals surface area contributed by atoms with Gasteiger partial charge in [0.25, 0.3) is 0 Å². The average molecular weight is 305 g/mol. The van der Waals surface area contributed by atoms with Crippen molar-refractivity contribution in [2.24, 2.45) is 0 Å². The summed E-state index contributed by atoms with van der Waals surface area (Å²) in [5.74, 6) is -0.353. The van der Waals surface area contributed by atoms with Gasteiger partial charge in [-0.15, -0.1) is 0 Å². The molecule has 6 nitrogen and oxygen atoms in total. The van der Waals surface area contributed by atoms with Gasteiger partial charge in [0.15, 0.2) is 5.78 Å². The first-order valence-electron chi connectivity index (χ1n) is 7.04. The van der Waals surface area contributed by atoms with Crippen molar-refractivity contribution in [2.75, 3.05) is 33.0 Å². The van der Waals surface area contributed by atoms with Crippen LogP contribution in [0.5, 0.6) is 0 Å². The summed E-state index contributed by atoms with van der Waals surface area (Å²) < 4.78 is 0. The molecule has 0 radical (unpaired) electrons. The highest BCUT2D eigenvalue weighted by Crippen LogP contribution is 2.12. The number of nitrogens with one attached hydrogen (secondary N) is 1. The summed E-state index contributed by atoms with van der Waals surface area (Å²) in [6.45, 7) is 3.37. The summed E-state index contributed by atoms with van der Waals surface area (Å²) in [5, 5.41) is 2.76. The van der Waals surface area contributed by atoms with Gasteiger partial charge in [0.2, 0.25) is 11.8 Å². The Morgan fingerprint density at radius 2 is 1.82 bits per heavy atom. The van der Waals surface area contributed by atoms with Crippen LogP contribution in [-0.2, 0) is 9.59 Å². The molecule has 6 heteroatoms. The van der Waals surface area contributed by atoms with E-state index in [1.54, 1.807) is 57.2 Å². The van der Waals surface area contributed by atoms with Crippen LogP contribution in [0.2, 0.25) is 0 Å². The summed E-state index contributed by atoms with van der Waals surface area (Å²) in [6.07, 6.45) is 0. The molecule has 120 valence electrons. The number of likely N-dealkylation sites (N-methyl/N-ethyl adjacent to an activating group) is 2. The van der Waals surface area contributed by atoms with E-state index in [2.05, 4.69) is 5.32 Å². The number of carbonyl (C=O) groups excluding carboxylic acids is 3. The van der Waals surface area contributed by atoms with Crippen molar-refractivity contribution in [2.45, 2.75) is 19.9 Å². The number of hydrogen-bond acceptors (Lipinski definition) is 4. The van der Waals surface area contributed by atoms with Crippen LogP contribution in [-0.4, -0.2) is 61.1 Å². The third kappa shape index (κ3) is 4.96. The SMILES string of the molecule is CC(=O)c1cccc(NC(=O)[C@@H](C)N(C)CC(=O)N(C)C)c1. The lowest BCUT2D eigenvalue weighted by Crippen LogP contribution is -2.44. The highest BCUT2D eigenvalue weighted by atomic mass is 16.2. The molecule has 1 rings (SSSR count). The number of ketones is 1. The maximum absolute atomic E-state index is 12.2. The van der Waals surface area contributed by atoms with Gasteiger partial charge in [-0.25, -0.2) is 0 Å². The molecule has 22 heavy (non-hydrogen) atoms. The van der Waals surface area contributed by atoms with Gasteiger partial charge in [-0.2, -0.15) is 0 Å². The van der Waals surface area contributed by atoms with Crippen molar-refractivity contribution >= 4 is 23.3 Å². The Kier molecular flexibility index (Phi) is 6.24. The van der Waals surface area contributed by atoms with Crippen molar-refractivity contribution < 1.29 is 14.4 Å².